The molecule has 0 bridgehead atoms. The molecule has 1 unspecified atom stereocenters. The second-order valence-electron chi connectivity index (χ2n) is 5.50. The molecular weight excluding hydrogens is 265 g/mol. The fraction of sp³-hybridized carbons (Fsp3) is 0.333. The van der Waals surface area contributed by atoms with Gasteiger partial charge in [0.2, 0.25) is 0 Å². The van der Waals surface area contributed by atoms with E-state index in [1.807, 2.05) is 31.3 Å². The Balaban J connectivity index is 2.12. The first-order chi connectivity index (χ1) is 10.2. The van der Waals surface area contributed by atoms with Crippen molar-refractivity contribution in [3.63, 3.8) is 0 Å². The minimum absolute atomic E-state index is 0.185. The zero-order valence-corrected chi connectivity index (χ0v) is 12.4. The molecule has 0 saturated heterocycles. The van der Waals surface area contributed by atoms with Crippen molar-refractivity contribution in [2.75, 3.05) is 13.7 Å². The number of halogens is 1. The van der Waals surface area contributed by atoms with Crippen LogP contribution in [0, 0.1) is 5.82 Å². The highest BCUT2D eigenvalue weighted by Crippen LogP contribution is 2.38. The molecule has 0 aliphatic carbocycles. The lowest BCUT2D eigenvalue weighted by atomic mass is 9.95. The molecule has 110 valence electrons. The Kier molecular flexibility index (Phi) is 3.93. The van der Waals surface area contributed by atoms with Crippen molar-refractivity contribution in [3.05, 3.63) is 53.3 Å². The monoisotopic (exact) mass is 285 g/mol. The van der Waals surface area contributed by atoms with Gasteiger partial charge in [-0.15, -0.1) is 0 Å². The molecule has 0 spiro atoms. The highest BCUT2D eigenvalue weighted by atomic mass is 19.1. The van der Waals surface area contributed by atoms with Crippen LogP contribution < -0.4 is 10.1 Å². The van der Waals surface area contributed by atoms with Gasteiger partial charge in [-0.1, -0.05) is 24.3 Å². The molecule has 1 aliphatic heterocycles. The third kappa shape index (κ3) is 2.66. The van der Waals surface area contributed by atoms with Crippen molar-refractivity contribution in [3.8, 4) is 16.9 Å². The van der Waals surface area contributed by atoms with Crippen LogP contribution in [0.5, 0.6) is 5.75 Å². The van der Waals surface area contributed by atoms with Gasteiger partial charge in [0.25, 0.3) is 0 Å². The Morgan fingerprint density at radius 2 is 2.05 bits per heavy atom. The number of nitrogens with one attached hydrogen (secondary N) is 1. The molecule has 3 heteroatoms. The number of hydrogen-bond acceptors (Lipinski definition) is 2. The molecule has 1 heterocycles. The number of benzene rings is 2. The van der Waals surface area contributed by atoms with Gasteiger partial charge in [0.05, 0.1) is 6.61 Å². The van der Waals surface area contributed by atoms with Gasteiger partial charge in [0.1, 0.15) is 11.6 Å². The zero-order valence-electron chi connectivity index (χ0n) is 12.4. The minimum atomic E-state index is -0.204. The van der Waals surface area contributed by atoms with Crippen molar-refractivity contribution < 1.29 is 9.13 Å². The SMILES string of the molecule is CNC(C)c1ccc(F)c(-c2cccc3c2OCCC3)c1. The van der Waals surface area contributed by atoms with Crippen LogP contribution in [0.3, 0.4) is 0 Å². The number of ether oxygens (including phenoxy) is 1. The largest absolute Gasteiger partial charge is 0.493 e. The van der Waals surface area contributed by atoms with Gasteiger partial charge >= 0.3 is 0 Å². The molecule has 1 N–H and O–H groups in total. The first kappa shape index (κ1) is 14.1. The Hall–Kier alpha value is -1.87. The van der Waals surface area contributed by atoms with E-state index in [-0.39, 0.29) is 11.9 Å². The number of fused-ring (bicyclic) bond motifs is 1. The van der Waals surface area contributed by atoms with Crippen molar-refractivity contribution >= 4 is 0 Å². The average molecular weight is 285 g/mol. The summed E-state index contributed by atoms with van der Waals surface area (Å²) in [4.78, 5) is 0. The Bertz CT molecular complexity index is 654. The third-order valence-electron chi connectivity index (χ3n) is 4.15. The highest BCUT2D eigenvalue weighted by molar-refractivity contribution is 5.73. The van der Waals surface area contributed by atoms with Crippen LogP contribution in [0.25, 0.3) is 11.1 Å². The molecule has 0 saturated carbocycles. The van der Waals surface area contributed by atoms with E-state index in [2.05, 4.69) is 18.3 Å². The molecule has 21 heavy (non-hydrogen) atoms. The third-order valence-corrected chi connectivity index (χ3v) is 4.15. The highest BCUT2D eigenvalue weighted by Gasteiger charge is 2.18. The molecule has 1 atom stereocenters. The van der Waals surface area contributed by atoms with Gasteiger partial charge in [-0.25, -0.2) is 4.39 Å². The molecule has 2 nitrogen and oxygen atoms in total. The maximum atomic E-state index is 14.3. The van der Waals surface area contributed by atoms with E-state index in [1.165, 1.54) is 5.56 Å². The van der Waals surface area contributed by atoms with Gasteiger partial charge in [-0.05, 0) is 50.1 Å². The lowest BCUT2D eigenvalue weighted by molar-refractivity contribution is 0.289. The van der Waals surface area contributed by atoms with E-state index < -0.39 is 0 Å². The summed E-state index contributed by atoms with van der Waals surface area (Å²) in [5.74, 6) is 0.640. The molecule has 2 aromatic rings. The summed E-state index contributed by atoms with van der Waals surface area (Å²) >= 11 is 0. The fourth-order valence-corrected chi connectivity index (χ4v) is 2.79. The second kappa shape index (κ2) is 5.86. The lowest BCUT2D eigenvalue weighted by Crippen LogP contribution is -2.13. The van der Waals surface area contributed by atoms with Gasteiger partial charge in [-0.3, -0.25) is 0 Å². The minimum Gasteiger partial charge on any atom is -0.493 e. The van der Waals surface area contributed by atoms with Crippen LogP contribution in [0.1, 0.15) is 30.5 Å². The topological polar surface area (TPSA) is 21.3 Å². The summed E-state index contributed by atoms with van der Waals surface area (Å²) in [6, 6.07) is 11.5. The van der Waals surface area contributed by atoms with Crippen LogP contribution in [0.4, 0.5) is 4.39 Å². The summed E-state index contributed by atoms with van der Waals surface area (Å²) in [6.45, 7) is 2.77. The predicted octanol–water partition coefficient (Wildman–Crippen LogP) is 4.10. The summed E-state index contributed by atoms with van der Waals surface area (Å²) in [7, 11) is 1.90. The number of para-hydroxylation sites is 1. The second-order valence-corrected chi connectivity index (χ2v) is 5.50. The quantitative estimate of drug-likeness (QED) is 0.916. The number of rotatable bonds is 3. The first-order valence-electron chi connectivity index (χ1n) is 7.42. The molecule has 2 aromatic carbocycles. The van der Waals surface area contributed by atoms with Crippen molar-refractivity contribution in [2.45, 2.75) is 25.8 Å². The zero-order chi connectivity index (χ0) is 14.8. The molecule has 0 amide bonds. The molecule has 1 aliphatic rings. The Morgan fingerprint density at radius 3 is 2.86 bits per heavy atom. The smallest absolute Gasteiger partial charge is 0.131 e. The molecular formula is C18H20FNO. The summed E-state index contributed by atoms with van der Waals surface area (Å²) in [6.07, 6.45) is 2.02. The molecule has 0 fully saturated rings. The van der Waals surface area contributed by atoms with Crippen molar-refractivity contribution in [2.24, 2.45) is 0 Å². The Labute approximate surface area is 125 Å². The summed E-state index contributed by atoms with van der Waals surface area (Å²) in [5.41, 5.74) is 3.72. The average Bonchev–Trinajstić information content (AvgIpc) is 2.54. The fourth-order valence-electron chi connectivity index (χ4n) is 2.79. The lowest BCUT2D eigenvalue weighted by Gasteiger charge is -2.21. The summed E-state index contributed by atoms with van der Waals surface area (Å²) in [5, 5.41) is 3.19. The van der Waals surface area contributed by atoms with Crippen LogP contribution in [0.15, 0.2) is 36.4 Å². The summed E-state index contributed by atoms with van der Waals surface area (Å²) < 4.78 is 20.1. The standard InChI is InChI=1S/C18H20FNO/c1-12(20-2)14-8-9-17(19)16(11-14)15-7-3-5-13-6-4-10-21-18(13)15/h3,5,7-9,11-12,20H,4,6,10H2,1-2H3. The normalized spacial score (nSPS) is 15.2. The molecule has 3 rings (SSSR count). The van der Waals surface area contributed by atoms with Crippen molar-refractivity contribution in [1.82, 2.24) is 5.32 Å². The van der Waals surface area contributed by atoms with Crippen molar-refractivity contribution in [1.29, 1.82) is 0 Å². The van der Waals surface area contributed by atoms with Crippen LogP contribution in [0.2, 0.25) is 0 Å². The van der Waals surface area contributed by atoms with Gasteiger partial charge in [0, 0.05) is 17.2 Å². The van der Waals surface area contributed by atoms with Gasteiger partial charge in [-0.2, -0.15) is 0 Å². The van der Waals surface area contributed by atoms with Crippen LogP contribution in [-0.4, -0.2) is 13.7 Å². The van der Waals surface area contributed by atoms with E-state index in [1.54, 1.807) is 6.07 Å². The maximum absolute atomic E-state index is 14.3. The van der Waals surface area contributed by atoms with Gasteiger partial charge in [0.15, 0.2) is 0 Å². The van der Waals surface area contributed by atoms with E-state index in [4.69, 9.17) is 4.74 Å². The van der Waals surface area contributed by atoms with E-state index in [0.717, 1.165) is 29.7 Å². The first-order valence-corrected chi connectivity index (χ1v) is 7.42. The molecule has 0 aromatic heterocycles. The number of hydrogen-bond donors (Lipinski definition) is 1. The maximum Gasteiger partial charge on any atom is 0.131 e. The molecule has 0 radical (unpaired) electrons. The Morgan fingerprint density at radius 1 is 1.19 bits per heavy atom. The predicted molar refractivity (Wildman–Crippen MR) is 83.1 cm³/mol. The van der Waals surface area contributed by atoms with E-state index in [9.17, 15) is 4.39 Å². The van der Waals surface area contributed by atoms with E-state index in [0.29, 0.717) is 12.2 Å². The number of aryl methyl sites for hydroxylation is 1. The van der Waals surface area contributed by atoms with Crippen LogP contribution in [-0.2, 0) is 6.42 Å². The van der Waals surface area contributed by atoms with Gasteiger partial charge < -0.3 is 10.1 Å². The van der Waals surface area contributed by atoms with Crippen LogP contribution >= 0.6 is 0 Å². The van der Waals surface area contributed by atoms with E-state index >= 15 is 0 Å².